The summed E-state index contributed by atoms with van der Waals surface area (Å²) >= 11 is 0. The minimum Gasteiger partial charge on any atom is -0.475 e. The molecule has 5 rings (SSSR count). The Kier molecular flexibility index (Phi) is 8.27. The van der Waals surface area contributed by atoms with Gasteiger partial charge in [-0.15, -0.1) is 0 Å². The van der Waals surface area contributed by atoms with E-state index in [9.17, 15) is 18.0 Å². The number of halogens is 3. The molecule has 0 bridgehead atoms. The van der Waals surface area contributed by atoms with E-state index in [4.69, 9.17) is 9.90 Å². The number of alkyl halides is 3. The van der Waals surface area contributed by atoms with Crippen molar-refractivity contribution < 1.29 is 27.9 Å². The second-order valence-corrected chi connectivity index (χ2v) is 9.26. The summed E-state index contributed by atoms with van der Waals surface area (Å²) in [4.78, 5) is 26.4. The Morgan fingerprint density at radius 3 is 2.24 bits per heavy atom. The number of nitrogens with zero attached hydrogens (tertiary/aromatic N) is 3. The van der Waals surface area contributed by atoms with Gasteiger partial charge in [0.05, 0.1) is 0 Å². The third-order valence-electron chi connectivity index (χ3n) is 6.76. The molecule has 2 aliphatic rings. The van der Waals surface area contributed by atoms with E-state index in [2.05, 4.69) is 51.5 Å². The van der Waals surface area contributed by atoms with Crippen LogP contribution < -0.4 is 0 Å². The van der Waals surface area contributed by atoms with Crippen molar-refractivity contribution in [2.24, 2.45) is 0 Å². The monoisotopic (exact) mass is 514 g/mol. The van der Waals surface area contributed by atoms with Gasteiger partial charge in [-0.05, 0) is 42.0 Å². The van der Waals surface area contributed by atoms with Crippen LogP contribution in [-0.2, 0) is 24.2 Å². The van der Waals surface area contributed by atoms with Gasteiger partial charge in [-0.3, -0.25) is 14.8 Å². The number of aliphatic carboxylic acids is 1. The van der Waals surface area contributed by atoms with Crippen LogP contribution in [0.1, 0.15) is 45.7 Å². The molecule has 0 saturated carbocycles. The molecule has 10 heteroatoms. The highest BCUT2D eigenvalue weighted by molar-refractivity contribution is 5.92. The average Bonchev–Trinajstić information content (AvgIpc) is 3.37. The number of H-pyrrole nitrogens is 1. The Bertz CT molecular complexity index is 1200. The molecule has 196 valence electrons. The molecule has 37 heavy (non-hydrogen) atoms. The third-order valence-corrected chi connectivity index (χ3v) is 6.76. The van der Waals surface area contributed by atoms with Crippen LogP contribution in [0.15, 0.2) is 60.7 Å². The number of hydrogen-bond acceptors (Lipinski definition) is 4. The average molecular weight is 515 g/mol. The molecule has 0 unspecified atom stereocenters. The van der Waals surface area contributed by atoms with E-state index in [0.717, 1.165) is 57.6 Å². The van der Waals surface area contributed by atoms with E-state index < -0.39 is 12.1 Å². The predicted molar refractivity (Wildman–Crippen MR) is 131 cm³/mol. The first kappa shape index (κ1) is 26.4. The number of carboxylic acids is 1. The fraction of sp³-hybridized carbons (Fsp3) is 0.370. The van der Waals surface area contributed by atoms with Gasteiger partial charge in [-0.1, -0.05) is 54.6 Å². The summed E-state index contributed by atoms with van der Waals surface area (Å²) in [5.41, 5.74) is 5.68. The number of aromatic nitrogens is 2. The molecule has 0 atom stereocenters. The lowest BCUT2D eigenvalue weighted by Gasteiger charge is -2.40. The van der Waals surface area contributed by atoms with Gasteiger partial charge < -0.3 is 10.0 Å². The topological polar surface area (TPSA) is 89.5 Å². The van der Waals surface area contributed by atoms with E-state index in [0.29, 0.717) is 11.7 Å². The Hall–Kier alpha value is -3.66. The highest BCUT2D eigenvalue weighted by Gasteiger charge is 2.38. The maximum Gasteiger partial charge on any atom is 0.490 e. The molecule has 2 N–H and O–H groups in total. The molecular formula is C27H29F3N4O3. The molecular weight excluding hydrogens is 485 g/mol. The quantitative estimate of drug-likeness (QED) is 0.542. The van der Waals surface area contributed by atoms with Crippen molar-refractivity contribution in [3.8, 4) is 0 Å². The smallest absolute Gasteiger partial charge is 0.475 e. The van der Waals surface area contributed by atoms with Crippen LogP contribution in [0.4, 0.5) is 13.2 Å². The molecule has 0 radical (unpaired) electrons. The largest absolute Gasteiger partial charge is 0.490 e. The second kappa shape index (κ2) is 11.6. The van der Waals surface area contributed by atoms with Crippen molar-refractivity contribution in [2.75, 3.05) is 19.6 Å². The summed E-state index contributed by atoms with van der Waals surface area (Å²) in [6.45, 7) is 3.78. The fourth-order valence-corrected chi connectivity index (χ4v) is 4.80. The number of carboxylic acid groups (broad SMARTS) is 1. The van der Waals surface area contributed by atoms with E-state index in [1.165, 1.54) is 16.7 Å². The van der Waals surface area contributed by atoms with Gasteiger partial charge in [0.1, 0.15) is 5.69 Å². The van der Waals surface area contributed by atoms with Gasteiger partial charge in [0.2, 0.25) is 0 Å². The normalized spacial score (nSPS) is 16.5. The van der Waals surface area contributed by atoms with Crippen molar-refractivity contribution in [1.29, 1.82) is 0 Å². The van der Waals surface area contributed by atoms with Gasteiger partial charge >= 0.3 is 12.1 Å². The van der Waals surface area contributed by atoms with Gasteiger partial charge in [0.25, 0.3) is 5.91 Å². The zero-order chi connectivity index (χ0) is 26.4. The molecule has 3 aromatic rings. The van der Waals surface area contributed by atoms with Crippen molar-refractivity contribution >= 4 is 11.9 Å². The molecule has 1 saturated heterocycles. The number of piperidine rings is 1. The van der Waals surface area contributed by atoms with E-state index in [1.807, 2.05) is 29.2 Å². The zero-order valence-corrected chi connectivity index (χ0v) is 20.2. The molecule has 7 nitrogen and oxygen atoms in total. The first-order valence-electron chi connectivity index (χ1n) is 12.2. The van der Waals surface area contributed by atoms with Crippen LogP contribution in [0.25, 0.3) is 0 Å². The first-order chi connectivity index (χ1) is 17.7. The zero-order valence-electron chi connectivity index (χ0n) is 20.2. The SMILES string of the molecule is O=C(O)C(F)(F)F.O=C(c1cc(Cc2ccccc2)[nH]n1)N1CCC(N2CCc3ccccc3C2)CC1. The highest BCUT2D eigenvalue weighted by Crippen LogP contribution is 2.25. The van der Waals surface area contributed by atoms with Crippen molar-refractivity contribution in [1.82, 2.24) is 20.0 Å². The minimum atomic E-state index is -5.08. The maximum atomic E-state index is 12.9. The minimum absolute atomic E-state index is 0.0491. The summed E-state index contributed by atoms with van der Waals surface area (Å²) in [6.07, 6.45) is -1.11. The Morgan fingerprint density at radius 1 is 0.973 bits per heavy atom. The van der Waals surface area contributed by atoms with E-state index in [1.54, 1.807) is 0 Å². The standard InChI is InChI=1S/C25H28N4O.C2HF3O2/c30-25(24-17-22(26-27-24)16-19-6-2-1-3-7-19)28-14-11-23(12-15-28)29-13-10-20-8-4-5-9-21(20)18-29;3-2(4,5)1(6)7/h1-9,17,23H,10-16,18H2,(H,26,27);(H,6,7). The van der Waals surface area contributed by atoms with Crippen LogP contribution in [0.3, 0.4) is 0 Å². The lowest BCUT2D eigenvalue weighted by Crippen LogP contribution is -2.48. The molecule has 2 aliphatic heterocycles. The van der Waals surface area contributed by atoms with Crippen LogP contribution in [0.5, 0.6) is 0 Å². The predicted octanol–water partition coefficient (Wildman–Crippen LogP) is 4.30. The van der Waals surface area contributed by atoms with Gasteiger partial charge in [0.15, 0.2) is 0 Å². The number of carbonyl (C=O) groups excluding carboxylic acids is 1. The lowest BCUT2D eigenvalue weighted by molar-refractivity contribution is -0.192. The number of amides is 1. The van der Waals surface area contributed by atoms with Crippen LogP contribution >= 0.6 is 0 Å². The van der Waals surface area contributed by atoms with Gasteiger partial charge in [0, 0.05) is 44.3 Å². The number of hydrogen-bond donors (Lipinski definition) is 2. The van der Waals surface area contributed by atoms with Gasteiger partial charge in [-0.2, -0.15) is 18.3 Å². The molecule has 1 fully saturated rings. The van der Waals surface area contributed by atoms with Crippen molar-refractivity contribution in [2.45, 2.75) is 44.4 Å². The fourth-order valence-electron chi connectivity index (χ4n) is 4.80. The van der Waals surface area contributed by atoms with Crippen LogP contribution in [0, 0.1) is 0 Å². The third kappa shape index (κ3) is 6.97. The van der Waals surface area contributed by atoms with E-state index in [-0.39, 0.29) is 5.91 Å². The number of rotatable bonds is 4. The Balaban J connectivity index is 0.000000405. The second-order valence-electron chi connectivity index (χ2n) is 9.26. The maximum absolute atomic E-state index is 12.9. The summed E-state index contributed by atoms with van der Waals surface area (Å²) in [5, 5.41) is 14.5. The number of likely N-dealkylation sites (tertiary alicyclic amines) is 1. The summed E-state index contributed by atoms with van der Waals surface area (Å²) in [5.74, 6) is -2.71. The molecule has 1 amide bonds. The Labute approximate surface area is 212 Å². The van der Waals surface area contributed by atoms with Crippen LogP contribution in [-0.4, -0.2) is 68.8 Å². The van der Waals surface area contributed by atoms with Crippen LogP contribution in [0.2, 0.25) is 0 Å². The van der Waals surface area contributed by atoms with Crippen molar-refractivity contribution in [3.63, 3.8) is 0 Å². The molecule has 0 spiro atoms. The molecule has 3 heterocycles. The summed E-state index contributed by atoms with van der Waals surface area (Å²) in [6, 6.07) is 21.5. The summed E-state index contributed by atoms with van der Waals surface area (Å²) < 4.78 is 31.7. The number of benzene rings is 2. The number of aromatic amines is 1. The lowest BCUT2D eigenvalue weighted by atomic mass is 9.95. The Morgan fingerprint density at radius 2 is 1.59 bits per heavy atom. The number of carbonyl (C=O) groups is 2. The number of fused-ring (bicyclic) bond motifs is 1. The van der Waals surface area contributed by atoms with E-state index >= 15 is 0 Å². The van der Waals surface area contributed by atoms with Gasteiger partial charge in [-0.25, -0.2) is 4.79 Å². The molecule has 2 aromatic carbocycles. The molecule has 0 aliphatic carbocycles. The van der Waals surface area contributed by atoms with Crippen molar-refractivity contribution in [3.05, 3.63) is 88.7 Å². The summed E-state index contributed by atoms with van der Waals surface area (Å²) in [7, 11) is 0. The number of nitrogens with one attached hydrogen (secondary N) is 1. The molecule has 1 aromatic heterocycles. The first-order valence-corrected chi connectivity index (χ1v) is 12.2. The highest BCUT2D eigenvalue weighted by atomic mass is 19.4.